The quantitative estimate of drug-likeness (QED) is 0.692. The summed E-state index contributed by atoms with van der Waals surface area (Å²) in [6.07, 6.45) is 5.43. The van der Waals surface area contributed by atoms with Crippen LogP contribution in [0.25, 0.3) is 0 Å². The number of aliphatic hydroxyl groups excluding tert-OH is 1. The van der Waals surface area contributed by atoms with E-state index in [1.165, 1.54) is 0 Å². The van der Waals surface area contributed by atoms with Crippen molar-refractivity contribution in [3.8, 4) is 0 Å². The molecule has 1 fully saturated rings. The van der Waals surface area contributed by atoms with Crippen LogP contribution in [0.4, 0.5) is 0 Å². The maximum absolute atomic E-state index is 12.0. The van der Waals surface area contributed by atoms with Gasteiger partial charge in [0, 0.05) is 12.8 Å². The third-order valence-corrected chi connectivity index (χ3v) is 4.74. The maximum atomic E-state index is 12.0. The van der Waals surface area contributed by atoms with Crippen LogP contribution in [0.2, 0.25) is 0 Å². The summed E-state index contributed by atoms with van der Waals surface area (Å²) in [6, 6.07) is 0. The Bertz CT molecular complexity index is 353. The van der Waals surface area contributed by atoms with E-state index in [9.17, 15) is 9.90 Å². The van der Waals surface area contributed by atoms with Gasteiger partial charge in [0.15, 0.2) is 0 Å². The molecule has 22 heavy (non-hydrogen) atoms. The summed E-state index contributed by atoms with van der Waals surface area (Å²) in [6.45, 7) is 10.5. The van der Waals surface area contributed by atoms with Crippen molar-refractivity contribution >= 4 is 5.97 Å². The number of carbonyl (C=O) groups excluding carboxylic acids is 1. The molecule has 0 aromatic rings. The minimum absolute atomic E-state index is 0.0977. The summed E-state index contributed by atoms with van der Waals surface area (Å²) in [5.41, 5.74) is -0.763. The van der Waals surface area contributed by atoms with Crippen LogP contribution in [0.15, 0.2) is 0 Å². The van der Waals surface area contributed by atoms with E-state index in [1.807, 2.05) is 6.92 Å². The third kappa shape index (κ3) is 5.54. The fourth-order valence-electron chi connectivity index (χ4n) is 3.37. The van der Waals surface area contributed by atoms with E-state index in [-0.39, 0.29) is 11.6 Å². The highest BCUT2D eigenvalue weighted by Gasteiger charge is 2.47. The fraction of sp³-hybridized carbons (Fsp3) is 0.944. The lowest BCUT2D eigenvalue weighted by atomic mass is 9.70. The number of carbonyl (C=O) groups is 1. The first-order valence-corrected chi connectivity index (χ1v) is 8.77. The number of unbranched alkanes of at least 4 members (excludes halogenated alkanes) is 1. The van der Waals surface area contributed by atoms with Crippen molar-refractivity contribution in [1.29, 1.82) is 0 Å². The van der Waals surface area contributed by atoms with Crippen molar-refractivity contribution in [2.45, 2.75) is 96.9 Å². The largest absolute Gasteiger partial charge is 0.459 e. The molecule has 1 N–H and O–H groups in total. The van der Waals surface area contributed by atoms with Crippen LogP contribution >= 0.6 is 0 Å². The first-order valence-electron chi connectivity index (χ1n) is 8.77. The summed E-state index contributed by atoms with van der Waals surface area (Å²) in [5.74, 6) is 0.222. The minimum Gasteiger partial charge on any atom is -0.459 e. The smallest absolute Gasteiger partial charge is 0.306 e. The van der Waals surface area contributed by atoms with Crippen molar-refractivity contribution in [2.24, 2.45) is 5.92 Å². The van der Waals surface area contributed by atoms with Crippen LogP contribution in [0.1, 0.15) is 79.6 Å². The third-order valence-electron chi connectivity index (χ3n) is 4.74. The molecule has 0 aromatic heterocycles. The van der Waals surface area contributed by atoms with Crippen LogP contribution in [0.3, 0.4) is 0 Å². The molecule has 0 radical (unpaired) electrons. The van der Waals surface area contributed by atoms with E-state index >= 15 is 0 Å². The summed E-state index contributed by atoms with van der Waals surface area (Å²) in [7, 11) is 0. The molecule has 0 amide bonds. The molecule has 3 unspecified atom stereocenters. The summed E-state index contributed by atoms with van der Waals surface area (Å²) in [5, 5.41) is 9.54. The summed E-state index contributed by atoms with van der Waals surface area (Å²) in [4.78, 5) is 12.0. The van der Waals surface area contributed by atoms with Gasteiger partial charge in [0.05, 0.1) is 18.3 Å². The van der Waals surface area contributed by atoms with Crippen LogP contribution in [-0.4, -0.2) is 35.0 Å². The Balaban J connectivity index is 2.75. The van der Waals surface area contributed by atoms with Crippen molar-refractivity contribution in [3.05, 3.63) is 0 Å². The second kappa shape index (κ2) is 8.30. The zero-order chi connectivity index (χ0) is 16.8. The Hall–Kier alpha value is -0.610. The fourth-order valence-corrected chi connectivity index (χ4v) is 3.37. The number of hydrogen-bond donors (Lipinski definition) is 1. The highest BCUT2D eigenvalue weighted by molar-refractivity contribution is 5.69. The molecule has 4 heteroatoms. The number of hydrogen-bond acceptors (Lipinski definition) is 4. The topological polar surface area (TPSA) is 55.8 Å². The average molecular weight is 314 g/mol. The molecule has 0 spiro atoms. The van der Waals surface area contributed by atoms with E-state index in [4.69, 9.17) is 9.47 Å². The molecular weight excluding hydrogens is 280 g/mol. The second-order valence-electron chi connectivity index (χ2n) is 7.44. The Labute approximate surface area is 135 Å². The predicted molar refractivity (Wildman–Crippen MR) is 87.7 cm³/mol. The van der Waals surface area contributed by atoms with Crippen LogP contribution in [0, 0.1) is 5.92 Å². The molecule has 1 aliphatic rings. The van der Waals surface area contributed by atoms with Crippen LogP contribution in [0.5, 0.6) is 0 Å². The molecule has 1 aliphatic carbocycles. The van der Waals surface area contributed by atoms with Gasteiger partial charge >= 0.3 is 5.97 Å². The van der Waals surface area contributed by atoms with E-state index in [2.05, 4.69) is 20.8 Å². The maximum Gasteiger partial charge on any atom is 0.306 e. The van der Waals surface area contributed by atoms with E-state index in [0.717, 1.165) is 32.1 Å². The summed E-state index contributed by atoms with van der Waals surface area (Å²) >= 11 is 0. The molecule has 0 bridgehead atoms. The minimum atomic E-state index is -0.476. The predicted octanol–water partition coefficient (Wildman–Crippen LogP) is 3.84. The highest BCUT2D eigenvalue weighted by Crippen LogP contribution is 2.44. The summed E-state index contributed by atoms with van der Waals surface area (Å²) < 4.78 is 11.9. The SMILES string of the molecule is CCCCC(=O)OC1(C)CCCC(OCC(C)O)(C(C)C)C1. The van der Waals surface area contributed by atoms with E-state index in [0.29, 0.717) is 25.4 Å². The van der Waals surface area contributed by atoms with Gasteiger partial charge in [-0.1, -0.05) is 27.2 Å². The van der Waals surface area contributed by atoms with Gasteiger partial charge in [-0.2, -0.15) is 0 Å². The normalized spacial score (nSPS) is 30.3. The van der Waals surface area contributed by atoms with Crippen molar-refractivity contribution in [3.63, 3.8) is 0 Å². The van der Waals surface area contributed by atoms with Gasteiger partial charge in [-0.3, -0.25) is 4.79 Å². The van der Waals surface area contributed by atoms with Gasteiger partial charge in [-0.25, -0.2) is 0 Å². The molecule has 0 heterocycles. The lowest BCUT2D eigenvalue weighted by Crippen LogP contribution is -2.51. The Morgan fingerprint density at radius 3 is 2.50 bits per heavy atom. The second-order valence-corrected chi connectivity index (χ2v) is 7.44. The van der Waals surface area contributed by atoms with Gasteiger partial charge in [-0.05, 0) is 45.4 Å². The molecule has 0 aromatic carbocycles. The van der Waals surface area contributed by atoms with Gasteiger partial charge in [0.2, 0.25) is 0 Å². The molecule has 1 saturated carbocycles. The lowest BCUT2D eigenvalue weighted by molar-refractivity contribution is -0.189. The van der Waals surface area contributed by atoms with Crippen LogP contribution < -0.4 is 0 Å². The molecule has 0 aliphatic heterocycles. The molecule has 130 valence electrons. The molecule has 4 nitrogen and oxygen atoms in total. The van der Waals surface area contributed by atoms with E-state index < -0.39 is 11.7 Å². The Morgan fingerprint density at radius 1 is 1.27 bits per heavy atom. The standard InChI is InChI=1S/C18H34O4/c1-6-7-9-16(20)22-17(5)10-8-11-18(13-17,14(2)3)21-12-15(4)19/h14-15,19H,6-13H2,1-5H3. The molecule has 3 atom stereocenters. The Morgan fingerprint density at radius 2 is 1.95 bits per heavy atom. The zero-order valence-electron chi connectivity index (χ0n) is 15.0. The van der Waals surface area contributed by atoms with Gasteiger partial charge in [0.1, 0.15) is 5.60 Å². The average Bonchev–Trinajstić information content (AvgIpc) is 2.42. The van der Waals surface area contributed by atoms with Gasteiger partial charge in [-0.15, -0.1) is 0 Å². The van der Waals surface area contributed by atoms with Crippen molar-refractivity contribution in [1.82, 2.24) is 0 Å². The van der Waals surface area contributed by atoms with Gasteiger partial charge in [0.25, 0.3) is 0 Å². The highest BCUT2D eigenvalue weighted by atomic mass is 16.6. The number of ether oxygens (including phenoxy) is 2. The molecular formula is C18H34O4. The first-order chi connectivity index (χ1) is 10.2. The van der Waals surface area contributed by atoms with Crippen molar-refractivity contribution in [2.75, 3.05) is 6.61 Å². The number of esters is 1. The zero-order valence-corrected chi connectivity index (χ0v) is 15.0. The van der Waals surface area contributed by atoms with E-state index in [1.54, 1.807) is 6.92 Å². The monoisotopic (exact) mass is 314 g/mol. The Kier molecular flexibility index (Phi) is 7.33. The van der Waals surface area contributed by atoms with Crippen molar-refractivity contribution < 1.29 is 19.4 Å². The van der Waals surface area contributed by atoms with Gasteiger partial charge < -0.3 is 14.6 Å². The number of aliphatic hydroxyl groups is 1. The number of rotatable bonds is 8. The molecule has 1 rings (SSSR count). The van der Waals surface area contributed by atoms with Crippen LogP contribution in [-0.2, 0) is 14.3 Å². The first kappa shape index (κ1) is 19.4. The lowest BCUT2D eigenvalue weighted by Gasteiger charge is -2.48. The molecule has 0 saturated heterocycles.